The number of nitrogens with zero attached hydrogens (tertiary/aromatic N) is 1. The third-order valence-electron chi connectivity index (χ3n) is 2.44. The molecule has 1 amide bonds. The van der Waals surface area contributed by atoms with Crippen LogP contribution in [-0.2, 0) is 0 Å². The molecule has 0 saturated heterocycles. The summed E-state index contributed by atoms with van der Waals surface area (Å²) >= 11 is 3.23. The summed E-state index contributed by atoms with van der Waals surface area (Å²) in [6.45, 7) is -2.90. The number of ether oxygens (including phenoxy) is 1. The van der Waals surface area contributed by atoms with E-state index in [0.29, 0.717) is 16.0 Å². The molecule has 0 radical (unpaired) electrons. The number of amides is 1. The molecule has 8 heteroatoms. The zero-order valence-electron chi connectivity index (χ0n) is 10.5. The summed E-state index contributed by atoms with van der Waals surface area (Å²) < 4.78 is 28.8. The SMILES string of the molecule is Nc1cnc(NC(=O)c2ccc(OC(F)F)cc2)c(Br)c1. The number of halogens is 3. The maximum absolute atomic E-state index is 12.0. The van der Waals surface area contributed by atoms with E-state index in [9.17, 15) is 13.6 Å². The minimum absolute atomic E-state index is 0.0201. The molecule has 21 heavy (non-hydrogen) atoms. The molecule has 0 aliphatic heterocycles. The van der Waals surface area contributed by atoms with Crippen molar-refractivity contribution in [2.75, 3.05) is 11.1 Å². The first kappa shape index (κ1) is 15.2. The molecule has 2 rings (SSSR count). The van der Waals surface area contributed by atoms with Gasteiger partial charge in [-0.2, -0.15) is 8.78 Å². The van der Waals surface area contributed by atoms with E-state index in [2.05, 4.69) is 31.0 Å². The Kier molecular flexibility index (Phi) is 4.69. The highest BCUT2D eigenvalue weighted by Gasteiger charge is 2.11. The highest BCUT2D eigenvalue weighted by atomic mass is 79.9. The molecule has 1 aromatic heterocycles. The van der Waals surface area contributed by atoms with E-state index in [-0.39, 0.29) is 11.3 Å². The fourth-order valence-corrected chi connectivity index (χ4v) is 1.98. The lowest BCUT2D eigenvalue weighted by atomic mass is 10.2. The molecule has 110 valence electrons. The van der Waals surface area contributed by atoms with Crippen molar-refractivity contribution in [1.82, 2.24) is 4.98 Å². The number of pyridine rings is 1. The molecule has 0 aliphatic rings. The normalized spacial score (nSPS) is 10.5. The number of nitrogens with one attached hydrogen (secondary N) is 1. The smallest absolute Gasteiger partial charge is 0.387 e. The number of hydrogen-bond acceptors (Lipinski definition) is 4. The third kappa shape index (κ3) is 4.12. The highest BCUT2D eigenvalue weighted by molar-refractivity contribution is 9.10. The predicted octanol–water partition coefficient (Wildman–Crippen LogP) is 3.28. The summed E-state index contributed by atoms with van der Waals surface area (Å²) in [6, 6.07) is 6.91. The van der Waals surface area contributed by atoms with E-state index in [1.807, 2.05) is 0 Å². The minimum Gasteiger partial charge on any atom is -0.435 e. The summed E-state index contributed by atoms with van der Waals surface area (Å²) in [5.41, 5.74) is 6.28. The Morgan fingerprint density at radius 1 is 1.33 bits per heavy atom. The van der Waals surface area contributed by atoms with Crippen molar-refractivity contribution in [2.45, 2.75) is 6.61 Å². The molecule has 0 fully saturated rings. The first-order chi connectivity index (χ1) is 9.95. The molecule has 2 aromatic rings. The second-order valence-corrected chi connectivity index (χ2v) is 4.81. The van der Waals surface area contributed by atoms with Gasteiger partial charge in [0.15, 0.2) is 0 Å². The van der Waals surface area contributed by atoms with Gasteiger partial charge in [0.2, 0.25) is 0 Å². The standard InChI is InChI=1S/C13H10BrF2N3O2/c14-10-5-8(17)6-18-11(10)19-12(20)7-1-3-9(4-2-7)21-13(15)16/h1-6,13H,17H2,(H,18,19,20). The molecule has 0 saturated carbocycles. The minimum atomic E-state index is -2.90. The predicted molar refractivity (Wildman–Crippen MR) is 77.4 cm³/mol. The number of alkyl halides is 2. The van der Waals surface area contributed by atoms with Gasteiger partial charge in [0.05, 0.1) is 16.4 Å². The molecular weight excluding hydrogens is 348 g/mol. The van der Waals surface area contributed by atoms with Gasteiger partial charge in [0.1, 0.15) is 11.6 Å². The Bertz CT molecular complexity index is 650. The average Bonchev–Trinajstić information content (AvgIpc) is 2.42. The largest absolute Gasteiger partial charge is 0.435 e. The van der Waals surface area contributed by atoms with Crippen LogP contribution in [-0.4, -0.2) is 17.5 Å². The van der Waals surface area contributed by atoms with Crippen LogP contribution >= 0.6 is 15.9 Å². The molecule has 0 aliphatic carbocycles. The Hall–Kier alpha value is -2.22. The lowest BCUT2D eigenvalue weighted by Gasteiger charge is -2.08. The monoisotopic (exact) mass is 357 g/mol. The Morgan fingerprint density at radius 2 is 2.00 bits per heavy atom. The van der Waals surface area contributed by atoms with Gasteiger partial charge in [-0.15, -0.1) is 0 Å². The third-order valence-corrected chi connectivity index (χ3v) is 3.04. The van der Waals surface area contributed by atoms with Gasteiger partial charge in [-0.1, -0.05) is 0 Å². The van der Waals surface area contributed by atoms with E-state index < -0.39 is 12.5 Å². The van der Waals surface area contributed by atoms with E-state index in [0.717, 1.165) is 0 Å². The van der Waals surface area contributed by atoms with Gasteiger partial charge < -0.3 is 15.8 Å². The van der Waals surface area contributed by atoms with Gasteiger partial charge in [-0.25, -0.2) is 4.98 Å². The summed E-state index contributed by atoms with van der Waals surface area (Å²) in [5.74, 6) is -0.146. The lowest BCUT2D eigenvalue weighted by molar-refractivity contribution is -0.0498. The zero-order valence-corrected chi connectivity index (χ0v) is 12.1. The van der Waals surface area contributed by atoms with E-state index in [1.165, 1.54) is 30.5 Å². The van der Waals surface area contributed by atoms with Crippen LogP contribution in [0.15, 0.2) is 41.0 Å². The van der Waals surface area contributed by atoms with Crippen LogP contribution in [0.3, 0.4) is 0 Å². The Morgan fingerprint density at radius 3 is 2.57 bits per heavy atom. The number of rotatable bonds is 4. The summed E-state index contributed by atoms with van der Waals surface area (Å²) in [7, 11) is 0. The number of anilines is 2. The maximum Gasteiger partial charge on any atom is 0.387 e. The number of aromatic nitrogens is 1. The molecule has 0 spiro atoms. The number of hydrogen-bond donors (Lipinski definition) is 2. The zero-order chi connectivity index (χ0) is 15.4. The van der Waals surface area contributed by atoms with Gasteiger partial charge in [-0.05, 0) is 46.3 Å². The Labute approximate surface area is 127 Å². The van der Waals surface area contributed by atoms with Crippen LogP contribution in [0, 0.1) is 0 Å². The van der Waals surface area contributed by atoms with Crippen LogP contribution in [0.2, 0.25) is 0 Å². The quantitative estimate of drug-likeness (QED) is 0.880. The molecule has 1 heterocycles. The van der Waals surface area contributed by atoms with Crippen molar-refractivity contribution >= 4 is 33.3 Å². The summed E-state index contributed by atoms with van der Waals surface area (Å²) in [4.78, 5) is 16.0. The van der Waals surface area contributed by atoms with Crippen molar-refractivity contribution < 1.29 is 18.3 Å². The second kappa shape index (κ2) is 6.49. The number of nitrogen functional groups attached to an aromatic ring is 1. The molecular formula is C13H10BrF2N3O2. The van der Waals surface area contributed by atoms with Crippen LogP contribution < -0.4 is 15.8 Å². The average molecular weight is 358 g/mol. The van der Waals surface area contributed by atoms with Crippen molar-refractivity contribution in [3.63, 3.8) is 0 Å². The molecule has 0 atom stereocenters. The van der Waals surface area contributed by atoms with Crippen LogP contribution in [0.1, 0.15) is 10.4 Å². The second-order valence-electron chi connectivity index (χ2n) is 3.96. The molecule has 0 unspecified atom stereocenters. The van der Waals surface area contributed by atoms with Gasteiger partial charge in [0, 0.05) is 5.56 Å². The van der Waals surface area contributed by atoms with E-state index in [1.54, 1.807) is 6.07 Å². The molecule has 5 nitrogen and oxygen atoms in total. The maximum atomic E-state index is 12.0. The highest BCUT2D eigenvalue weighted by Crippen LogP contribution is 2.22. The summed E-state index contributed by atoms with van der Waals surface area (Å²) in [5, 5.41) is 2.57. The van der Waals surface area contributed by atoms with Crippen molar-refractivity contribution in [2.24, 2.45) is 0 Å². The number of carbonyl (C=O) groups is 1. The molecule has 3 N–H and O–H groups in total. The number of benzene rings is 1. The van der Waals surface area contributed by atoms with E-state index in [4.69, 9.17) is 5.73 Å². The molecule has 1 aromatic carbocycles. The van der Waals surface area contributed by atoms with E-state index >= 15 is 0 Å². The van der Waals surface area contributed by atoms with Gasteiger partial charge in [-0.3, -0.25) is 4.79 Å². The number of nitrogens with two attached hydrogens (primary N) is 1. The fourth-order valence-electron chi connectivity index (χ4n) is 1.51. The van der Waals surface area contributed by atoms with Crippen molar-refractivity contribution in [3.8, 4) is 5.75 Å². The van der Waals surface area contributed by atoms with Crippen molar-refractivity contribution in [1.29, 1.82) is 0 Å². The van der Waals surface area contributed by atoms with Crippen molar-refractivity contribution in [3.05, 3.63) is 46.6 Å². The van der Waals surface area contributed by atoms with Gasteiger partial charge >= 0.3 is 6.61 Å². The van der Waals surface area contributed by atoms with Crippen LogP contribution in [0.25, 0.3) is 0 Å². The Balaban J connectivity index is 2.09. The first-order valence-corrected chi connectivity index (χ1v) is 6.52. The molecule has 0 bridgehead atoms. The number of carbonyl (C=O) groups excluding carboxylic acids is 1. The van der Waals surface area contributed by atoms with Crippen LogP contribution in [0.5, 0.6) is 5.75 Å². The van der Waals surface area contributed by atoms with Crippen LogP contribution in [0.4, 0.5) is 20.3 Å². The topological polar surface area (TPSA) is 77.2 Å². The first-order valence-electron chi connectivity index (χ1n) is 5.73. The lowest BCUT2D eigenvalue weighted by Crippen LogP contribution is -2.13. The summed E-state index contributed by atoms with van der Waals surface area (Å²) in [6.07, 6.45) is 1.40. The van der Waals surface area contributed by atoms with Gasteiger partial charge in [0.25, 0.3) is 5.91 Å². The fraction of sp³-hybridized carbons (Fsp3) is 0.0769.